The number of nitrogens with one attached hydrogen (secondary N) is 1. The van der Waals surface area contributed by atoms with E-state index in [2.05, 4.69) is 10.4 Å². The molecule has 0 bridgehead atoms. The first-order valence-corrected chi connectivity index (χ1v) is 6.15. The van der Waals surface area contributed by atoms with Crippen molar-refractivity contribution in [2.75, 3.05) is 25.1 Å². The summed E-state index contributed by atoms with van der Waals surface area (Å²) in [5.74, 6) is 4.40. The highest BCUT2D eigenvalue weighted by atomic mass is 16.2. The Balaban J connectivity index is 2.07. The second-order valence-electron chi connectivity index (χ2n) is 4.29. The topological polar surface area (TPSA) is 91.6 Å². The SMILES string of the molecule is CCN1CCN(Cc2cc(NN)ccn2)C(=O)C1=O. The van der Waals surface area contributed by atoms with Crippen LogP contribution in [0.2, 0.25) is 0 Å². The number of piperazine rings is 1. The molecule has 0 radical (unpaired) electrons. The van der Waals surface area contributed by atoms with Gasteiger partial charge in [0.15, 0.2) is 0 Å². The van der Waals surface area contributed by atoms with Gasteiger partial charge in [-0.25, -0.2) is 0 Å². The summed E-state index contributed by atoms with van der Waals surface area (Å²) in [6.07, 6.45) is 1.61. The van der Waals surface area contributed by atoms with E-state index in [0.29, 0.717) is 31.9 Å². The van der Waals surface area contributed by atoms with Crippen LogP contribution in [-0.2, 0) is 16.1 Å². The van der Waals surface area contributed by atoms with Gasteiger partial charge in [-0.3, -0.25) is 20.4 Å². The normalized spacial score (nSPS) is 15.9. The molecule has 1 saturated heterocycles. The third-order valence-electron chi connectivity index (χ3n) is 3.12. The number of nitrogen functional groups attached to an aromatic ring is 1. The fourth-order valence-corrected chi connectivity index (χ4v) is 2.02. The molecule has 0 aromatic carbocycles. The van der Waals surface area contributed by atoms with Crippen molar-refractivity contribution >= 4 is 17.5 Å². The summed E-state index contributed by atoms with van der Waals surface area (Å²) >= 11 is 0. The van der Waals surface area contributed by atoms with Crippen molar-refractivity contribution in [3.63, 3.8) is 0 Å². The van der Waals surface area contributed by atoms with Gasteiger partial charge in [-0.15, -0.1) is 0 Å². The minimum Gasteiger partial charge on any atom is -0.333 e. The van der Waals surface area contributed by atoms with Gasteiger partial charge in [0.25, 0.3) is 0 Å². The highest BCUT2D eigenvalue weighted by Crippen LogP contribution is 2.12. The first-order valence-electron chi connectivity index (χ1n) is 6.15. The summed E-state index contributed by atoms with van der Waals surface area (Å²) in [7, 11) is 0. The van der Waals surface area contributed by atoms with E-state index in [1.807, 2.05) is 6.92 Å². The van der Waals surface area contributed by atoms with Crippen LogP contribution in [-0.4, -0.2) is 46.2 Å². The van der Waals surface area contributed by atoms with E-state index in [1.54, 1.807) is 23.2 Å². The van der Waals surface area contributed by atoms with Crippen LogP contribution in [0.5, 0.6) is 0 Å². The van der Waals surface area contributed by atoms with Gasteiger partial charge >= 0.3 is 11.8 Å². The van der Waals surface area contributed by atoms with Gasteiger partial charge in [-0.1, -0.05) is 0 Å². The lowest BCUT2D eigenvalue weighted by Crippen LogP contribution is -2.53. The van der Waals surface area contributed by atoms with Crippen LogP contribution in [0, 0.1) is 0 Å². The first-order chi connectivity index (χ1) is 9.15. The zero-order chi connectivity index (χ0) is 13.8. The molecule has 2 rings (SSSR count). The van der Waals surface area contributed by atoms with Crippen LogP contribution in [0.1, 0.15) is 12.6 Å². The zero-order valence-corrected chi connectivity index (χ0v) is 10.8. The predicted molar refractivity (Wildman–Crippen MR) is 69.7 cm³/mol. The average molecular weight is 263 g/mol. The fraction of sp³-hybridized carbons (Fsp3) is 0.417. The Kier molecular flexibility index (Phi) is 3.96. The lowest BCUT2D eigenvalue weighted by atomic mass is 10.2. The van der Waals surface area contributed by atoms with Gasteiger partial charge < -0.3 is 15.2 Å². The summed E-state index contributed by atoms with van der Waals surface area (Å²) in [5.41, 5.74) is 3.94. The van der Waals surface area contributed by atoms with E-state index in [1.165, 1.54) is 4.90 Å². The van der Waals surface area contributed by atoms with E-state index in [-0.39, 0.29) is 0 Å². The van der Waals surface area contributed by atoms with Crippen LogP contribution < -0.4 is 11.3 Å². The Morgan fingerprint density at radius 2 is 2.00 bits per heavy atom. The van der Waals surface area contributed by atoms with Crippen molar-refractivity contribution in [3.8, 4) is 0 Å². The van der Waals surface area contributed by atoms with Crippen molar-refractivity contribution in [2.24, 2.45) is 5.84 Å². The first kappa shape index (κ1) is 13.3. The highest BCUT2D eigenvalue weighted by molar-refractivity contribution is 6.35. The largest absolute Gasteiger partial charge is 0.333 e. The number of hydrogen-bond donors (Lipinski definition) is 2. The molecule has 0 spiro atoms. The minimum atomic E-state index is -0.471. The fourth-order valence-electron chi connectivity index (χ4n) is 2.02. The van der Waals surface area contributed by atoms with Gasteiger partial charge in [0.1, 0.15) is 0 Å². The van der Waals surface area contributed by atoms with Crippen LogP contribution in [0.3, 0.4) is 0 Å². The maximum Gasteiger partial charge on any atom is 0.312 e. The second-order valence-corrected chi connectivity index (χ2v) is 4.29. The molecular formula is C12H17N5O2. The Morgan fingerprint density at radius 3 is 2.68 bits per heavy atom. The Labute approximate surface area is 111 Å². The van der Waals surface area contributed by atoms with Crippen molar-refractivity contribution in [3.05, 3.63) is 24.0 Å². The predicted octanol–water partition coefficient (Wildman–Crippen LogP) is -0.442. The van der Waals surface area contributed by atoms with E-state index >= 15 is 0 Å². The molecule has 2 heterocycles. The molecule has 0 saturated carbocycles. The van der Waals surface area contributed by atoms with Crippen LogP contribution in [0.15, 0.2) is 18.3 Å². The van der Waals surface area contributed by atoms with Crippen LogP contribution in [0.25, 0.3) is 0 Å². The van der Waals surface area contributed by atoms with E-state index in [4.69, 9.17) is 5.84 Å². The number of rotatable bonds is 4. The smallest absolute Gasteiger partial charge is 0.312 e. The summed E-state index contributed by atoms with van der Waals surface area (Å²) in [4.78, 5) is 30.9. The molecule has 102 valence electrons. The molecule has 7 heteroatoms. The van der Waals surface area contributed by atoms with Crippen LogP contribution >= 0.6 is 0 Å². The van der Waals surface area contributed by atoms with E-state index in [0.717, 1.165) is 5.69 Å². The molecule has 1 aromatic rings. The molecule has 1 aliphatic rings. The molecule has 1 aliphatic heterocycles. The standard InChI is InChI=1S/C12H17N5O2/c1-2-16-5-6-17(12(19)11(16)18)8-10-7-9(15-13)3-4-14-10/h3-4,7H,2,5-6,8,13H2,1H3,(H,14,15). The quantitative estimate of drug-likeness (QED) is 0.436. The minimum absolute atomic E-state index is 0.317. The van der Waals surface area contributed by atoms with Gasteiger partial charge in [-0.2, -0.15) is 0 Å². The van der Waals surface area contributed by atoms with Gasteiger partial charge in [0, 0.05) is 25.8 Å². The maximum absolute atomic E-state index is 11.9. The molecule has 2 amide bonds. The number of nitrogens with two attached hydrogens (primary N) is 1. The lowest BCUT2D eigenvalue weighted by molar-refractivity contribution is -0.156. The number of amides is 2. The van der Waals surface area contributed by atoms with Gasteiger partial charge in [-0.05, 0) is 19.1 Å². The number of hydrazine groups is 1. The molecule has 0 atom stereocenters. The highest BCUT2D eigenvalue weighted by Gasteiger charge is 2.31. The monoisotopic (exact) mass is 263 g/mol. The van der Waals surface area contributed by atoms with Crippen molar-refractivity contribution < 1.29 is 9.59 Å². The molecule has 1 fully saturated rings. The summed E-state index contributed by atoms with van der Waals surface area (Å²) in [6, 6.07) is 3.48. The van der Waals surface area contributed by atoms with E-state index in [9.17, 15) is 9.59 Å². The number of pyridine rings is 1. The Morgan fingerprint density at radius 1 is 1.32 bits per heavy atom. The number of anilines is 1. The number of likely N-dealkylation sites (N-methyl/N-ethyl adjacent to an activating group) is 1. The number of carbonyl (C=O) groups excluding carboxylic acids is 2. The zero-order valence-electron chi connectivity index (χ0n) is 10.8. The second kappa shape index (κ2) is 5.66. The van der Waals surface area contributed by atoms with Gasteiger partial charge in [0.05, 0.1) is 17.9 Å². The summed E-state index contributed by atoms with van der Waals surface area (Å²) < 4.78 is 0. The van der Waals surface area contributed by atoms with Crippen molar-refractivity contribution in [2.45, 2.75) is 13.5 Å². The molecule has 7 nitrogen and oxygen atoms in total. The molecular weight excluding hydrogens is 246 g/mol. The molecule has 19 heavy (non-hydrogen) atoms. The molecule has 0 unspecified atom stereocenters. The van der Waals surface area contributed by atoms with Crippen molar-refractivity contribution in [1.29, 1.82) is 0 Å². The maximum atomic E-state index is 11.9. The summed E-state index contributed by atoms with van der Waals surface area (Å²) in [6.45, 7) is 3.83. The number of nitrogens with zero attached hydrogens (tertiary/aromatic N) is 3. The number of hydrogen-bond acceptors (Lipinski definition) is 5. The van der Waals surface area contributed by atoms with Gasteiger partial charge in [0.2, 0.25) is 0 Å². The Hall–Kier alpha value is -2.15. The van der Waals surface area contributed by atoms with Crippen LogP contribution in [0.4, 0.5) is 5.69 Å². The van der Waals surface area contributed by atoms with Crippen molar-refractivity contribution in [1.82, 2.24) is 14.8 Å². The third kappa shape index (κ3) is 2.82. The number of carbonyl (C=O) groups is 2. The number of aromatic nitrogens is 1. The average Bonchev–Trinajstić information content (AvgIpc) is 2.44. The van der Waals surface area contributed by atoms with E-state index < -0.39 is 11.8 Å². The lowest BCUT2D eigenvalue weighted by Gasteiger charge is -2.32. The molecule has 3 N–H and O–H groups in total. The summed E-state index contributed by atoms with van der Waals surface area (Å²) in [5, 5.41) is 0. The molecule has 0 aliphatic carbocycles. The molecule has 1 aromatic heterocycles. The third-order valence-corrected chi connectivity index (χ3v) is 3.12. The Bertz CT molecular complexity index is 491.